The molecule has 1 aromatic rings. The molecule has 0 radical (unpaired) electrons. The second kappa shape index (κ2) is 5.23. The molecular formula is C19H26N2O2. The van der Waals surface area contributed by atoms with E-state index in [0.29, 0.717) is 17.3 Å². The summed E-state index contributed by atoms with van der Waals surface area (Å²) in [7, 11) is 0. The molecule has 3 N–H and O–H groups in total. The van der Waals surface area contributed by atoms with Crippen LogP contribution in [0.1, 0.15) is 43.7 Å². The molecule has 4 rings (SSSR count). The molecule has 3 aliphatic rings. The Labute approximate surface area is 137 Å². The smallest absolute Gasteiger partial charge is 0.315 e. The van der Waals surface area contributed by atoms with Crippen LogP contribution >= 0.6 is 0 Å². The summed E-state index contributed by atoms with van der Waals surface area (Å²) < 4.78 is 0. The summed E-state index contributed by atoms with van der Waals surface area (Å²) in [5, 5.41) is 15.6. The van der Waals surface area contributed by atoms with Crippen molar-refractivity contribution in [3.63, 3.8) is 0 Å². The molecule has 0 aromatic heterocycles. The molecule has 4 heteroatoms. The third kappa shape index (κ3) is 2.53. The number of nitrogens with one attached hydrogen (secondary N) is 2. The van der Waals surface area contributed by atoms with Crippen LogP contribution < -0.4 is 10.6 Å². The van der Waals surface area contributed by atoms with E-state index in [9.17, 15) is 9.90 Å². The van der Waals surface area contributed by atoms with Gasteiger partial charge in [-0.25, -0.2) is 4.79 Å². The van der Waals surface area contributed by atoms with Crippen LogP contribution in [0, 0.1) is 11.8 Å². The van der Waals surface area contributed by atoms with Crippen molar-refractivity contribution in [1.82, 2.24) is 10.6 Å². The number of hydrogen-bond donors (Lipinski definition) is 3. The molecule has 0 bridgehead atoms. The molecular weight excluding hydrogens is 288 g/mol. The number of aliphatic hydroxyl groups excluding tert-OH is 1. The number of hydrogen-bond acceptors (Lipinski definition) is 2. The van der Waals surface area contributed by atoms with Crippen LogP contribution in [-0.2, 0) is 11.8 Å². The summed E-state index contributed by atoms with van der Waals surface area (Å²) in [5.74, 6) is 0.977. The van der Waals surface area contributed by atoms with Gasteiger partial charge in [-0.2, -0.15) is 0 Å². The highest BCUT2D eigenvalue weighted by Gasteiger charge is 2.57. The van der Waals surface area contributed by atoms with Gasteiger partial charge in [0, 0.05) is 12.0 Å². The first kappa shape index (κ1) is 15.0. The van der Waals surface area contributed by atoms with E-state index in [1.165, 1.54) is 30.4 Å². The largest absolute Gasteiger partial charge is 0.394 e. The van der Waals surface area contributed by atoms with E-state index in [1.807, 2.05) is 6.92 Å². The first-order chi connectivity index (χ1) is 11.1. The van der Waals surface area contributed by atoms with Crippen molar-refractivity contribution in [1.29, 1.82) is 0 Å². The minimum absolute atomic E-state index is 0.00578. The number of fused-ring (bicyclic) bond motifs is 2. The zero-order chi connectivity index (χ0) is 16.1. The Hall–Kier alpha value is -1.55. The fourth-order valence-electron chi connectivity index (χ4n) is 4.51. The number of aliphatic hydroxyl groups is 1. The fraction of sp³-hybridized carbons (Fsp3) is 0.632. The van der Waals surface area contributed by atoms with Gasteiger partial charge in [-0.3, -0.25) is 0 Å². The van der Waals surface area contributed by atoms with Crippen molar-refractivity contribution in [3.8, 4) is 0 Å². The van der Waals surface area contributed by atoms with E-state index in [1.54, 1.807) is 0 Å². The Morgan fingerprint density at radius 1 is 1.39 bits per heavy atom. The van der Waals surface area contributed by atoms with E-state index in [-0.39, 0.29) is 12.6 Å². The van der Waals surface area contributed by atoms with E-state index < -0.39 is 5.54 Å². The molecule has 124 valence electrons. The molecule has 1 spiro atoms. The van der Waals surface area contributed by atoms with Crippen molar-refractivity contribution in [2.75, 3.05) is 13.2 Å². The Morgan fingerprint density at radius 3 is 2.91 bits per heavy atom. The minimum Gasteiger partial charge on any atom is -0.394 e. The lowest BCUT2D eigenvalue weighted by molar-refractivity contribution is 0.155. The molecule has 4 nitrogen and oxygen atoms in total. The van der Waals surface area contributed by atoms with Gasteiger partial charge in [0.15, 0.2) is 0 Å². The molecule has 2 amide bonds. The van der Waals surface area contributed by atoms with Crippen LogP contribution in [0.2, 0.25) is 0 Å². The molecule has 0 heterocycles. The van der Waals surface area contributed by atoms with Crippen LogP contribution in [0.5, 0.6) is 0 Å². The van der Waals surface area contributed by atoms with Crippen molar-refractivity contribution >= 4 is 6.03 Å². The van der Waals surface area contributed by atoms with Gasteiger partial charge >= 0.3 is 6.03 Å². The van der Waals surface area contributed by atoms with Crippen molar-refractivity contribution in [2.45, 2.75) is 50.0 Å². The van der Waals surface area contributed by atoms with E-state index in [0.717, 1.165) is 19.4 Å². The van der Waals surface area contributed by atoms with E-state index in [4.69, 9.17) is 0 Å². The van der Waals surface area contributed by atoms with Crippen molar-refractivity contribution in [2.24, 2.45) is 11.8 Å². The zero-order valence-electron chi connectivity index (χ0n) is 13.8. The molecule has 0 aliphatic heterocycles. The highest BCUT2D eigenvalue weighted by Crippen LogP contribution is 2.61. The molecule has 0 unspecified atom stereocenters. The van der Waals surface area contributed by atoms with Crippen molar-refractivity contribution < 1.29 is 9.90 Å². The number of carbonyl (C=O) groups excluding carboxylic acids is 1. The molecule has 1 aromatic carbocycles. The van der Waals surface area contributed by atoms with Gasteiger partial charge in [0.1, 0.15) is 0 Å². The highest BCUT2D eigenvalue weighted by atomic mass is 16.3. The van der Waals surface area contributed by atoms with Gasteiger partial charge in [0.2, 0.25) is 0 Å². The Balaban J connectivity index is 1.32. The monoisotopic (exact) mass is 314 g/mol. The minimum atomic E-state index is -0.467. The summed E-state index contributed by atoms with van der Waals surface area (Å²) in [5.41, 5.74) is 2.85. The third-order valence-corrected chi connectivity index (χ3v) is 6.34. The standard InChI is InChI=1S/C19H26N2O2/c1-18(12-22,14-6-7-14)21-17(23)20-11-15-10-19(15)9-8-13-4-2-3-5-16(13)19/h2-5,14-15,22H,6-12H2,1H3,(H2,20,21,23)/t15-,18-,19-/m1/s1. The number of urea groups is 1. The predicted octanol–water partition coefficient (Wildman–Crippen LogP) is 2.35. The number of carbonyl (C=O) groups is 1. The molecule has 2 fully saturated rings. The second-order valence-corrected chi connectivity index (χ2v) is 7.90. The van der Waals surface area contributed by atoms with E-state index >= 15 is 0 Å². The van der Waals surface area contributed by atoms with Gasteiger partial charge in [-0.1, -0.05) is 24.3 Å². The number of rotatable bonds is 5. The van der Waals surface area contributed by atoms with Crippen LogP contribution in [0.25, 0.3) is 0 Å². The average molecular weight is 314 g/mol. The zero-order valence-corrected chi connectivity index (χ0v) is 13.8. The lowest BCUT2D eigenvalue weighted by Gasteiger charge is -2.28. The first-order valence-corrected chi connectivity index (χ1v) is 8.83. The maximum Gasteiger partial charge on any atom is 0.315 e. The maximum atomic E-state index is 12.2. The van der Waals surface area contributed by atoms with E-state index in [2.05, 4.69) is 34.9 Å². The highest BCUT2D eigenvalue weighted by molar-refractivity contribution is 5.75. The molecule has 0 saturated heterocycles. The normalized spacial score (nSPS) is 30.6. The van der Waals surface area contributed by atoms with Crippen LogP contribution in [0.15, 0.2) is 24.3 Å². The topological polar surface area (TPSA) is 61.4 Å². The fourth-order valence-corrected chi connectivity index (χ4v) is 4.51. The summed E-state index contributed by atoms with van der Waals surface area (Å²) >= 11 is 0. The Morgan fingerprint density at radius 2 is 2.17 bits per heavy atom. The molecule has 23 heavy (non-hydrogen) atoms. The lowest BCUT2D eigenvalue weighted by atomic mass is 9.95. The molecule has 3 aliphatic carbocycles. The van der Waals surface area contributed by atoms with Crippen LogP contribution in [0.4, 0.5) is 4.79 Å². The SMILES string of the molecule is C[C@](CO)(NC(=O)NC[C@H]1C[C@]12CCc1ccccc12)C1CC1. The predicted molar refractivity (Wildman–Crippen MR) is 89.3 cm³/mol. The first-order valence-electron chi connectivity index (χ1n) is 8.83. The molecule has 2 saturated carbocycles. The van der Waals surface area contributed by atoms with Gasteiger partial charge in [-0.05, 0) is 62.0 Å². The average Bonchev–Trinajstić information content (AvgIpc) is 3.45. The van der Waals surface area contributed by atoms with Crippen LogP contribution in [-0.4, -0.2) is 29.8 Å². The van der Waals surface area contributed by atoms with Crippen molar-refractivity contribution in [3.05, 3.63) is 35.4 Å². The van der Waals surface area contributed by atoms with Crippen LogP contribution in [0.3, 0.4) is 0 Å². The quantitative estimate of drug-likeness (QED) is 0.781. The third-order valence-electron chi connectivity index (χ3n) is 6.34. The van der Waals surface area contributed by atoms with Gasteiger partial charge < -0.3 is 15.7 Å². The number of amides is 2. The Kier molecular flexibility index (Phi) is 3.41. The van der Waals surface area contributed by atoms with Gasteiger partial charge in [0.05, 0.1) is 12.1 Å². The van der Waals surface area contributed by atoms with Gasteiger partial charge in [0.25, 0.3) is 0 Å². The molecule has 3 atom stereocenters. The summed E-state index contributed by atoms with van der Waals surface area (Å²) in [6.45, 7) is 2.67. The summed E-state index contributed by atoms with van der Waals surface area (Å²) in [6.07, 6.45) is 5.77. The van der Waals surface area contributed by atoms with Gasteiger partial charge in [-0.15, -0.1) is 0 Å². The maximum absolute atomic E-state index is 12.2. The number of aryl methyl sites for hydroxylation is 1. The summed E-state index contributed by atoms with van der Waals surface area (Å²) in [6, 6.07) is 8.61. The summed E-state index contributed by atoms with van der Waals surface area (Å²) in [4.78, 5) is 12.2. The Bertz CT molecular complexity index is 628. The number of benzene rings is 1. The lowest BCUT2D eigenvalue weighted by Crippen LogP contribution is -2.54. The second-order valence-electron chi connectivity index (χ2n) is 7.90.